The fourth-order valence-corrected chi connectivity index (χ4v) is 3.54. The molecule has 0 spiro atoms. The molecular formula is C16H25ClN2O3S. The van der Waals surface area contributed by atoms with Gasteiger partial charge in [0.15, 0.2) is 0 Å². The van der Waals surface area contributed by atoms with Gasteiger partial charge in [0, 0.05) is 31.3 Å². The van der Waals surface area contributed by atoms with E-state index in [1.807, 2.05) is 22.4 Å². The predicted molar refractivity (Wildman–Crippen MR) is 93.8 cm³/mol. The normalized spacial score (nSPS) is 16.5. The van der Waals surface area contributed by atoms with Crippen molar-refractivity contribution in [3.8, 4) is 0 Å². The van der Waals surface area contributed by atoms with Crippen LogP contribution in [0, 0.1) is 5.92 Å². The van der Waals surface area contributed by atoms with E-state index in [1.54, 1.807) is 11.3 Å². The van der Waals surface area contributed by atoms with E-state index >= 15 is 0 Å². The Morgan fingerprint density at radius 3 is 2.70 bits per heavy atom. The molecule has 1 saturated heterocycles. The second kappa shape index (κ2) is 9.90. The lowest BCUT2D eigenvalue weighted by atomic mass is 9.93. The summed E-state index contributed by atoms with van der Waals surface area (Å²) in [5.74, 6) is 0.343. The van der Waals surface area contributed by atoms with Crippen LogP contribution in [0.15, 0.2) is 17.5 Å². The van der Waals surface area contributed by atoms with Gasteiger partial charge in [0.1, 0.15) is 0 Å². The Hall–Kier alpha value is -1.11. The van der Waals surface area contributed by atoms with Crippen LogP contribution in [-0.4, -0.2) is 42.5 Å². The fraction of sp³-hybridized carbons (Fsp3) is 0.625. The van der Waals surface area contributed by atoms with Crippen LogP contribution in [0.1, 0.15) is 31.1 Å². The van der Waals surface area contributed by atoms with E-state index in [9.17, 15) is 9.59 Å². The highest BCUT2D eigenvalue weighted by Gasteiger charge is 2.26. The molecule has 0 unspecified atom stereocenters. The maximum Gasteiger partial charge on any atom is 0.302 e. The van der Waals surface area contributed by atoms with Gasteiger partial charge in [-0.1, -0.05) is 6.07 Å². The molecule has 1 fully saturated rings. The van der Waals surface area contributed by atoms with Crippen LogP contribution in [0.2, 0.25) is 0 Å². The van der Waals surface area contributed by atoms with Crippen LogP contribution in [0.4, 0.5) is 0 Å². The Bertz CT molecular complexity index is 488. The first-order valence-corrected chi connectivity index (χ1v) is 8.64. The molecular weight excluding hydrogens is 336 g/mol. The van der Waals surface area contributed by atoms with Gasteiger partial charge in [-0.15, -0.1) is 23.7 Å². The van der Waals surface area contributed by atoms with Gasteiger partial charge < -0.3 is 15.4 Å². The van der Waals surface area contributed by atoms with Crippen LogP contribution in [0.25, 0.3) is 0 Å². The van der Waals surface area contributed by atoms with E-state index < -0.39 is 6.04 Å². The van der Waals surface area contributed by atoms with E-state index in [-0.39, 0.29) is 24.3 Å². The molecule has 23 heavy (non-hydrogen) atoms. The summed E-state index contributed by atoms with van der Waals surface area (Å²) in [4.78, 5) is 26.1. The van der Waals surface area contributed by atoms with Crippen molar-refractivity contribution < 1.29 is 14.3 Å². The van der Waals surface area contributed by atoms with Crippen LogP contribution < -0.4 is 5.73 Å². The highest BCUT2D eigenvalue weighted by Crippen LogP contribution is 2.21. The number of hydrogen-bond acceptors (Lipinski definition) is 5. The molecule has 0 saturated carbocycles. The van der Waals surface area contributed by atoms with Crippen molar-refractivity contribution in [2.24, 2.45) is 11.7 Å². The Labute approximate surface area is 147 Å². The number of rotatable bonds is 6. The van der Waals surface area contributed by atoms with Gasteiger partial charge in [-0.05, 0) is 36.6 Å². The standard InChI is InChI=1S/C16H24N2O3S.ClH/c1-12(19)21-9-6-13-4-7-18(8-5-13)16(20)15(17)11-14-3-2-10-22-14;/h2-3,10,13,15H,4-9,11,17H2,1H3;1H/t15-;/m0./s1. The Balaban J connectivity index is 0.00000264. The van der Waals surface area contributed by atoms with Gasteiger partial charge in [-0.3, -0.25) is 9.59 Å². The molecule has 130 valence electrons. The number of hydrogen-bond donors (Lipinski definition) is 1. The second-order valence-electron chi connectivity index (χ2n) is 5.79. The van der Waals surface area contributed by atoms with Crippen molar-refractivity contribution in [3.63, 3.8) is 0 Å². The van der Waals surface area contributed by atoms with Gasteiger partial charge in [-0.25, -0.2) is 0 Å². The van der Waals surface area contributed by atoms with Crippen molar-refractivity contribution in [1.29, 1.82) is 0 Å². The third-order valence-corrected chi connectivity index (χ3v) is 4.97. The van der Waals surface area contributed by atoms with Gasteiger partial charge >= 0.3 is 5.97 Å². The molecule has 2 rings (SSSR count). The minimum absolute atomic E-state index is 0. The smallest absolute Gasteiger partial charge is 0.302 e. The predicted octanol–water partition coefficient (Wildman–Crippen LogP) is 2.23. The van der Waals surface area contributed by atoms with Gasteiger partial charge in [0.2, 0.25) is 5.91 Å². The van der Waals surface area contributed by atoms with Gasteiger partial charge in [-0.2, -0.15) is 0 Å². The molecule has 5 nitrogen and oxygen atoms in total. The summed E-state index contributed by atoms with van der Waals surface area (Å²) < 4.78 is 4.98. The third kappa shape index (κ3) is 6.49. The number of ether oxygens (including phenoxy) is 1. The topological polar surface area (TPSA) is 72.6 Å². The molecule has 1 aliphatic heterocycles. The summed E-state index contributed by atoms with van der Waals surface area (Å²) in [5, 5.41) is 2.00. The molecule has 1 aromatic rings. The van der Waals surface area contributed by atoms with Crippen molar-refractivity contribution in [1.82, 2.24) is 4.90 Å². The molecule has 1 amide bonds. The fourth-order valence-electron chi connectivity index (χ4n) is 2.78. The molecule has 0 radical (unpaired) electrons. The summed E-state index contributed by atoms with van der Waals surface area (Å²) in [7, 11) is 0. The van der Waals surface area contributed by atoms with E-state index in [2.05, 4.69) is 0 Å². The highest BCUT2D eigenvalue weighted by molar-refractivity contribution is 7.09. The van der Waals surface area contributed by atoms with Crippen molar-refractivity contribution in [2.75, 3.05) is 19.7 Å². The first-order chi connectivity index (χ1) is 10.6. The first-order valence-electron chi connectivity index (χ1n) is 7.76. The van der Waals surface area contributed by atoms with Crippen molar-refractivity contribution >= 4 is 35.6 Å². The summed E-state index contributed by atoms with van der Waals surface area (Å²) >= 11 is 1.63. The molecule has 1 aliphatic rings. The molecule has 0 bridgehead atoms. The summed E-state index contributed by atoms with van der Waals surface area (Å²) in [6, 6.07) is 3.54. The maximum atomic E-state index is 12.4. The number of carbonyl (C=O) groups is 2. The molecule has 2 N–H and O–H groups in total. The maximum absolute atomic E-state index is 12.4. The summed E-state index contributed by atoms with van der Waals surface area (Å²) in [6.45, 7) is 3.41. The third-order valence-electron chi connectivity index (χ3n) is 4.08. The number of likely N-dealkylation sites (tertiary alicyclic amines) is 1. The highest BCUT2D eigenvalue weighted by atomic mass is 35.5. The minimum Gasteiger partial charge on any atom is -0.466 e. The number of amides is 1. The number of halogens is 1. The van der Waals surface area contributed by atoms with Crippen molar-refractivity contribution in [2.45, 2.75) is 38.6 Å². The average Bonchev–Trinajstić information content (AvgIpc) is 3.00. The molecule has 1 aromatic heterocycles. The number of carbonyl (C=O) groups excluding carboxylic acids is 2. The number of nitrogens with zero attached hydrogens (tertiary/aromatic N) is 1. The Morgan fingerprint density at radius 1 is 1.43 bits per heavy atom. The lowest BCUT2D eigenvalue weighted by molar-refractivity contribution is -0.141. The Morgan fingerprint density at radius 2 is 2.13 bits per heavy atom. The largest absolute Gasteiger partial charge is 0.466 e. The van der Waals surface area contributed by atoms with Crippen LogP contribution in [0.3, 0.4) is 0 Å². The zero-order chi connectivity index (χ0) is 15.9. The van der Waals surface area contributed by atoms with Crippen LogP contribution in [-0.2, 0) is 20.7 Å². The number of nitrogens with two attached hydrogens (primary N) is 1. The van der Waals surface area contributed by atoms with Gasteiger partial charge in [0.25, 0.3) is 0 Å². The Kier molecular flexibility index (Phi) is 8.58. The lowest BCUT2D eigenvalue weighted by Crippen LogP contribution is -2.48. The van der Waals surface area contributed by atoms with Gasteiger partial charge in [0.05, 0.1) is 12.6 Å². The second-order valence-corrected chi connectivity index (χ2v) is 6.82. The van der Waals surface area contributed by atoms with E-state index in [0.717, 1.165) is 37.2 Å². The average molecular weight is 361 g/mol. The zero-order valence-electron chi connectivity index (χ0n) is 13.4. The zero-order valence-corrected chi connectivity index (χ0v) is 15.0. The number of piperidine rings is 1. The SMILES string of the molecule is CC(=O)OCCC1CCN(C(=O)[C@@H](N)Cc2cccs2)CC1.Cl. The van der Waals surface area contributed by atoms with E-state index in [4.69, 9.17) is 10.5 Å². The molecule has 0 aliphatic carbocycles. The minimum atomic E-state index is -0.448. The molecule has 7 heteroatoms. The quantitative estimate of drug-likeness (QED) is 0.789. The van der Waals surface area contributed by atoms with Crippen molar-refractivity contribution in [3.05, 3.63) is 22.4 Å². The molecule has 2 heterocycles. The van der Waals surface area contributed by atoms with E-state index in [0.29, 0.717) is 18.9 Å². The molecule has 0 aromatic carbocycles. The lowest BCUT2D eigenvalue weighted by Gasteiger charge is -2.33. The monoisotopic (exact) mass is 360 g/mol. The summed E-state index contributed by atoms with van der Waals surface area (Å²) in [5.41, 5.74) is 6.05. The van der Waals surface area contributed by atoms with Crippen LogP contribution >= 0.6 is 23.7 Å². The van der Waals surface area contributed by atoms with E-state index in [1.165, 1.54) is 6.92 Å². The molecule has 1 atom stereocenters. The number of esters is 1. The van der Waals surface area contributed by atoms with Crippen LogP contribution in [0.5, 0.6) is 0 Å². The summed E-state index contributed by atoms with van der Waals surface area (Å²) in [6.07, 6.45) is 3.41. The number of thiophene rings is 1. The first kappa shape index (κ1) is 19.9.